The third kappa shape index (κ3) is 3.14. The average Bonchev–Trinajstić information content (AvgIpc) is 2.90. The standard InChI is InChI=1S/C19H26N2O/c1-6-21(7-2)15(4)17-12-13-18(20(17)5)19(22)16-10-8-14(3)9-11-16/h8-13,15H,6-7H2,1-5H3. The maximum atomic E-state index is 12.7. The van der Waals surface area contributed by atoms with Gasteiger partial charge in [0.15, 0.2) is 0 Å². The van der Waals surface area contributed by atoms with Gasteiger partial charge in [-0.15, -0.1) is 0 Å². The van der Waals surface area contributed by atoms with Gasteiger partial charge in [0, 0.05) is 24.3 Å². The van der Waals surface area contributed by atoms with Gasteiger partial charge in [0.1, 0.15) is 0 Å². The van der Waals surface area contributed by atoms with Crippen LogP contribution in [0.1, 0.15) is 54.1 Å². The molecule has 2 rings (SSSR count). The molecule has 1 atom stereocenters. The smallest absolute Gasteiger partial charge is 0.209 e. The Bertz CT molecular complexity index is 636. The zero-order valence-electron chi connectivity index (χ0n) is 14.3. The van der Waals surface area contributed by atoms with Crippen LogP contribution in [-0.4, -0.2) is 28.3 Å². The molecule has 3 nitrogen and oxygen atoms in total. The summed E-state index contributed by atoms with van der Waals surface area (Å²) in [6, 6.07) is 12.1. The van der Waals surface area contributed by atoms with Crippen molar-refractivity contribution in [3.05, 3.63) is 58.9 Å². The lowest BCUT2D eigenvalue weighted by Crippen LogP contribution is -2.28. The lowest BCUT2D eigenvalue weighted by atomic mass is 10.1. The quantitative estimate of drug-likeness (QED) is 0.754. The van der Waals surface area contributed by atoms with Gasteiger partial charge in [-0.25, -0.2) is 0 Å². The normalized spacial score (nSPS) is 12.6. The molecular formula is C19H26N2O. The Balaban J connectivity index is 2.31. The van der Waals surface area contributed by atoms with E-state index < -0.39 is 0 Å². The Morgan fingerprint density at radius 3 is 2.23 bits per heavy atom. The Hall–Kier alpha value is -1.87. The second kappa shape index (κ2) is 6.93. The number of carbonyl (C=O) groups excluding carboxylic acids is 1. The van der Waals surface area contributed by atoms with Crippen LogP contribution in [0.3, 0.4) is 0 Å². The topological polar surface area (TPSA) is 25.2 Å². The molecule has 1 heterocycles. The number of nitrogens with zero attached hydrogens (tertiary/aromatic N) is 2. The van der Waals surface area contributed by atoms with Gasteiger partial charge < -0.3 is 4.57 Å². The first-order chi connectivity index (χ1) is 10.5. The summed E-state index contributed by atoms with van der Waals surface area (Å²) in [6.07, 6.45) is 0. The van der Waals surface area contributed by atoms with Crippen molar-refractivity contribution in [1.82, 2.24) is 9.47 Å². The van der Waals surface area contributed by atoms with Crippen LogP contribution < -0.4 is 0 Å². The van der Waals surface area contributed by atoms with Crippen LogP contribution in [0.15, 0.2) is 36.4 Å². The minimum atomic E-state index is 0.0838. The molecule has 0 saturated heterocycles. The van der Waals surface area contributed by atoms with Gasteiger partial charge in [0.2, 0.25) is 5.78 Å². The first-order valence-corrected chi connectivity index (χ1v) is 8.00. The third-order valence-corrected chi connectivity index (χ3v) is 4.50. The van der Waals surface area contributed by atoms with Crippen molar-refractivity contribution in [3.63, 3.8) is 0 Å². The highest BCUT2D eigenvalue weighted by Gasteiger charge is 2.20. The van der Waals surface area contributed by atoms with Gasteiger partial charge in [-0.05, 0) is 39.1 Å². The molecule has 22 heavy (non-hydrogen) atoms. The molecular weight excluding hydrogens is 272 g/mol. The summed E-state index contributed by atoms with van der Waals surface area (Å²) >= 11 is 0. The SMILES string of the molecule is CCN(CC)C(C)c1ccc(C(=O)c2ccc(C)cc2)n1C. The summed E-state index contributed by atoms with van der Waals surface area (Å²) in [5.41, 5.74) is 3.84. The van der Waals surface area contributed by atoms with E-state index in [4.69, 9.17) is 0 Å². The van der Waals surface area contributed by atoms with E-state index in [2.05, 4.69) is 31.7 Å². The van der Waals surface area contributed by atoms with Crippen LogP contribution in [0, 0.1) is 6.92 Å². The first kappa shape index (κ1) is 16.5. The van der Waals surface area contributed by atoms with Gasteiger partial charge in [-0.1, -0.05) is 43.7 Å². The predicted octanol–water partition coefficient (Wildman–Crippen LogP) is 3.97. The fourth-order valence-corrected chi connectivity index (χ4v) is 2.99. The van der Waals surface area contributed by atoms with Crippen molar-refractivity contribution in [2.75, 3.05) is 13.1 Å². The van der Waals surface area contributed by atoms with Crippen LogP contribution in [-0.2, 0) is 7.05 Å². The van der Waals surface area contributed by atoms with E-state index in [9.17, 15) is 4.79 Å². The highest BCUT2D eigenvalue weighted by Crippen LogP contribution is 2.23. The van der Waals surface area contributed by atoms with Gasteiger partial charge in [-0.3, -0.25) is 9.69 Å². The van der Waals surface area contributed by atoms with Crippen LogP contribution in [0.4, 0.5) is 0 Å². The molecule has 0 radical (unpaired) electrons. The zero-order valence-corrected chi connectivity index (χ0v) is 14.3. The van der Waals surface area contributed by atoms with E-state index >= 15 is 0 Å². The Kier molecular flexibility index (Phi) is 5.19. The van der Waals surface area contributed by atoms with E-state index in [1.165, 1.54) is 11.3 Å². The lowest BCUT2D eigenvalue weighted by Gasteiger charge is -2.27. The van der Waals surface area contributed by atoms with E-state index in [1.807, 2.05) is 48.9 Å². The maximum Gasteiger partial charge on any atom is 0.209 e. The van der Waals surface area contributed by atoms with E-state index in [1.54, 1.807) is 0 Å². The second-order valence-electron chi connectivity index (χ2n) is 5.79. The average molecular weight is 298 g/mol. The van der Waals surface area contributed by atoms with Crippen LogP contribution in [0.2, 0.25) is 0 Å². The molecule has 0 saturated carbocycles. The molecule has 118 valence electrons. The molecule has 2 aromatic rings. The summed E-state index contributed by atoms with van der Waals surface area (Å²) < 4.78 is 2.03. The number of benzene rings is 1. The zero-order chi connectivity index (χ0) is 16.3. The second-order valence-corrected chi connectivity index (χ2v) is 5.79. The summed E-state index contributed by atoms with van der Waals surface area (Å²) in [5, 5.41) is 0. The van der Waals surface area contributed by atoms with Crippen molar-refractivity contribution in [1.29, 1.82) is 0 Å². The molecule has 0 spiro atoms. The number of carbonyl (C=O) groups is 1. The van der Waals surface area contributed by atoms with E-state index in [0.29, 0.717) is 6.04 Å². The highest BCUT2D eigenvalue weighted by atomic mass is 16.1. The predicted molar refractivity (Wildman–Crippen MR) is 91.4 cm³/mol. The van der Waals surface area contributed by atoms with Crippen LogP contribution in [0.5, 0.6) is 0 Å². The summed E-state index contributed by atoms with van der Waals surface area (Å²) in [4.78, 5) is 15.1. The third-order valence-electron chi connectivity index (χ3n) is 4.50. The minimum Gasteiger partial charge on any atom is -0.343 e. The number of rotatable bonds is 6. The number of hydrogen-bond donors (Lipinski definition) is 0. The van der Waals surface area contributed by atoms with Crippen LogP contribution in [0.25, 0.3) is 0 Å². The van der Waals surface area contributed by atoms with E-state index in [0.717, 1.165) is 24.3 Å². The molecule has 0 aliphatic rings. The Morgan fingerprint density at radius 2 is 1.68 bits per heavy atom. The Morgan fingerprint density at radius 1 is 1.09 bits per heavy atom. The monoisotopic (exact) mass is 298 g/mol. The number of ketones is 1. The summed E-state index contributed by atoms with van der Waals surface area (Å²) in [5.74, 6) is 0.0838. The molecule has 0 amide bonds. The maximum absolute atomic E-state index is 12.7. The largest absolute Gasteiger partial charge is 0.343 e. The van der Waals surface area contributed by atoms with Crippen molar-refractivity contribution < 1.29 is 4.79 Å². The molecule has 0 fully saturated rings. The van der Waals surface area contributed by atoms with Gasteiger partial charge in [-0.2, -0.15) is 0 Å². The summed E-state index contributed by atoms with van der Waals surface area (Å²) in [6.45, 7) is 10.6. The fourth-order valence-electron chi connectivity index (χ4n) is 2.99. The van der Waals surface area contributed by atoms with Crippen molar-refractivity contribution >= 4 is 5.78 Å². The number of hydrogen-bond acceptors (Lipinski definition) is 2. The molecule has 1 aromatic carbocycles. The lowest BCUT2D eigenvalue weighted by molar-refractivity contribution is 0.103. The van der Waals surface area contributed by atoms with Gasteiger partial charge in [0.25, 0.3) is 0 Å². The van der Waals surface area contributed by atoms with Crippen molar-refractivity contribution in [2.24, 2.45) is 7.05 Å². The summed E-state index contributed by atoms with van der Waals surface area (Å²) in [7, 11) is 1.98. The van der Waals surface area contributed by atoms with Crippen LogP contribution >= 0.6 is 0 Å². The number of aromatic nitrogens is 1. The Labute approximate surface area is 133 Å². The van der Waals surface area contributed by atoms with Crippen molar-refractivity contribution in [2.45, 2.75) is 33.7 Å². The molecule has 0 aliphatic carbocycles. The molecule has 3 heteroatoms. The van der Waals surface area contributed by atoms with E-state index in [-0.39, 0.29) is 5.78 Å². The highest BCUT2D eigenvalue weighted by molar-refractivity contribution is 6.08. The molecule has 1 unspecified atom stereocenters. The van der Waals surface area contributed by atoms with Gasteiger partial charge in [0.05, 0.1) is 5.69 Å². The molecule has 0 aliphatic heterocycles. The van der Waals surface area contributed by atoms with Crippen molar-refractivity contribution in [3.8, 4) is 0 Å². The molecule has 0 N–H and O–H groups in total. The first-order valence-electron chi connectivity index (χ1n) is 8.00. The fraction of sp³-hybridized carbons (Fsp3) is 0.421. The number of aryl methyl sites for hydroxylation is 1. The molecule has 1 aromatic heterocycles. The molecule has 0 bridgehead atoms. The van der Waals surface area contributed by atoms with Gasteiger partial charge >= 0.3 is 0 Å². The minimum absolute atomic E-state index is 0.0838.